The molecule has 0 aliphatic carbocycles. The molecule has 1 N–H and O–H groups in total. The lowest BCUT2D eigenvalue weighted by molar-refractivity contribution is 0.214. The molecule has 0 aromatic carbocycles. The van der Waals surface area contributed by atoms with Crippen LogP contribution < -0.4 is 4.74 Å². The molecule has 0 fully saturated rings. The van der Waals surface area contributed by atoms with Gasteiger partial charge in [0.05, 0.1) is 13.2 Å². The zero-order valence-electron chi connectivity index (χ0n) is 11.6. The normalized spacial score (nSPS) is 13.0. The number of hydrogen-bond donors (Lipinski definition) is 1. The summed E-state index contributed by atoms with van der Waals surface area (Å²) in [7, 11) is 0. The summed E-state index contributed by atoms with van der Waals surface area (Å²) in [5, 5.41) is 11.4. The van der Waals surface area contributed by atoms with Crippen LogP contribution in [0, 0.1) is 5.92 Å². The van der Waals surface area contributed by atoms with E-state index in [-0.39, 0.29) is 6.61 Å². The maximum absolute atomic E-state index is 9.45. The second-order valence-electron chi connectivity index (χ2n) is 4.80. The Hall–Kier alpha value is -1.07. The molecule has 2 aromatic rings. The van der Waals surface area contributed by atoms with Crippen LogP contribution in [0.2, 0.25) is 0 Å². The van der Waals surface area contributed by atoms with Crippen molar-refractivity contribution in [1.82, 2.24) is 9.38 Å². The maximum Gasteiger partial charge on any atom is 0.239 e. The Morgan fingerprint density at radius 1 is 1.47 bits per heavy atom. The van der Waals surface area contributed by atoms with Gasteiger partial charge >= 0.3 is 0 Å². The third kappa shape index (κ3) is 3.28. The number of aliphatic hydroxyl groups is 1. The van der Waals surface area contributed by atoms with Crippen molar-refractivity contribution < 1.29 is 9.84 Å². The van der Waals surface area contributed by atoms with Crippen molar-refractivity contribution in [3.63, 3.8) is 0 Å². The first-order valence-corrected chi connectivity index (χ1v) is 7.86. The summed E-state index contributed by atoms with van der Waals surface area (Å²) in [4.78, 5) is 5.30. The van der Waals surface area contributed by atoms with E-state index >= 15 is 0 Å². The van der Waals surface area contributed by atoms with Gasteiger partial charge in [0.1, 0.15) is 5.69 Å². The fraction of sp³-hybridized carbons (Fsp3) is 0.643. The second kappa shape index (κ2) is 6.91. The molecule has 0 bridgehead atoms. The van der Waals surface area contributed by atoms with Gasteiger partial charge in [-0.05, 0) is 12.3 Å². The summed E-state index contributed by atoms with van der Waals surface area (Å²) in [6, 6.07) is 0. The summed E-state index contributed by atoms with van der Waals surface area (Å²) in [6.07, 6.45) is 6.70. The minimum Gasteiger partial charge on any atom is -0.476 e. The van der Waals surface area contributed by atoms with Gasteiger partial charge in [-0.3, -0.25) is 4.40 Å². The molecule has 0 amide bonds. The van der Waals surface area contributed by atoms with Crippen LogP contribution in [0.25, 0.3) is 4.96 Å². The first kappa shape index (κ1) is 14.3. The Morgan fingerprint density at radius 2 is 2.32 bits per heavy atom. The van der Waals surface area contributed by atoms with Crippen molar-refractivity contribution in [3.8, 4) is 5.88 Å². The Morgan fingerprint density at radius 3 is 3.00 bits per heavy atom. The topological polar surface area (TPSA) is 46.8 Å². The van der Waals surface area contributed by atoms with Crippen LogP contribution in [0.15, 0.2) is 11.6 Å². The molecule has 5 heteroatoms. The number of nitrogens with zero attached hydrogens (tertiary/aromatic N) is 2. The number of rotatable bonds is 8. The fourth-order valence-corrected chi connectivity index (χ4v) is 2.89. The number of unbranched alkanes of at least 4 members (excludes halogenated alkanes) is 1. The molecule has 0 spiro atoms. The molecule has 4 nitrogen and oxygen atoms in total. The van der Waals surface area contributed by atoms with Gasteiger partial charge in [0.15, 0.2) is 4.96 Å². The first-order valence-electron chi connectivity index (χ1n) is 6.98. The monoisotopic (exact) mass is 282 g/mol. The van der Waals surface area contributed by atoms with E-state index in [1.165, 1.54) is 19.3 Å². The van der Waals surface area contributed by atoms with Crippen LogP contribution in [0.3, 0.4) is 0 Å². The predicted octanol–water partition coefficient (Wildman–Crippen LogP) is 3.48. The molecule has 2 heterocycles. The summed E-state index contributed by atoms with van der Waals surface area (Å²) in [6.45, 7) is 5.05. The molecule has 0 saturated carbocycles. The Bertz CT molecular complexity index is 506. The van der Waals surface area contributed by atoms with Crippen LogP contribution in [0.1, 0.15) is 45.2 Å². The first-order chi connectivity index (χ1) is 9.30. The maximum atomic E-state index is 9.45. The molecular weight excluding hydrogens is 260 g/mol. The molecule has 106 valence electrons. The highest BCUT2D eigenvalue weighted by molar-refractivity contribution is 7.15. The molecule has 0 saturated heterocycles. The Labute approximate surface area is 118 Å². The van der Waals surface area contributed by atoms with E-state index in [2.05, 4.69) is 18.8 Å². The number of aliphatic hydroxyl groups excluding tert-OH is 1. The van der Waals surface area contributed by atoms with Gasteiger partial charge in [-0.1, -0.05) is 33.1 Å². The van der Waals surface area contributed by atoms with Gasteiger partial charge in [0, 0.05) is 11.6 Å². The van der Waals surface area contributed by atoms with Gasteiger partial charge in [0.2, 0.25) is 5.88 Å². The predicted molar refractivity (Wildman–Crippen MR) is 77.8 cm³/mol. The van der Waals surface area contributed by atoms with Crippen molar-refractivity contribution in [2.75, 3.05) is 6.61 Å². The zero-order chi connectivity index (χ0) is 13.7. The highest BCUT2D eigenvalue weighted by atomic mass is 32.1. The van der Waals surface area contributed by atoms with Crippen LogP contribution in [0.4, 0.5) is 0 Å². The highest BCUT2D eigenvalue weighted by Crippen LogP contribution is 2.24. The molecule has 1 atom stereocenters. The number of imidazole rings is 1. The van der Waals surface area contributed by atoms with E-state index in [1.807, 2.05) is 16.0 Å². The Kier molecular flexibility index (Phi) is 5.22. The Balaban J connectivity index is 2.01. The molecule has 2 rings (SSSR count). The fourth-order valence-electron chi connectivity index (χ4n) is 2.17. The standard InChI is InChI=1S/C14H22N2O2S/c1-3-5-6-11(4-2)10-18-13-12(9-17)16-7-8-19-14(16)15-13/h7-8,11,17H,3-6,9-10H2,1-2H3. The van der Waals surface area contributed by atoms with E-state index in [4.69, 9.17) is 4.74 Å². The third-order valence-electron chi connectivity index (χ3n) is 3.47. The largest absolute Gasteiger partial charge is 0.476 e. The van der Waals surface area contributed by atoms with E-state index < -0.39 is 0 Å². The van der Waals surface area contributed by atoms with Crippen LogP contribution in [-0.2, 0) is 6.61 Å². The second-order valence-corrected chi connectivity index (χ2v) is 5.68. The van der Waals surface area contributed by atoms with Gasteiger partial charge in [-0.2, -0.15) is 4.98 Å². The molecule has 0 aliphatic heterocycles. The highest BCUT2D eigenvalue weighted by Gasteiger charge is 2.15. The van der Waals surface area contributed by atoms with E-state index in [9.17, 15) is 5.11 Å². The number of aromatic nitrogens is 2. The summed E-state index contributed by atoms with van der Waals surface area (Å²) in [5.74, 6) is 1.16. The summed E-state index contributed by atoms with van der Waals surface area (Å²) < 4.78 is 7.73. The number of hydrogen-bond acceptors (Lipinski definition) is 4. The smallest absolute Gasteiger partial charge is 0.239 e. The molecule has 1 unspecified atom stereocenters. The molecule has 0 aliphatic rings. The van der Waals surface area contributed by atoms with Crippen LogP contribution in [0.5, 0.6) is 5.88 Å². The molecule has 2 aromatic heterocycles. The lowest BCUT2D eigenvalue weighted by Crippen LogP contribution is -2.12. The number of thiazole rings is 1. The number of ether oxygens (including phenoxy) is 1. The van der Waals surface area contributed by atoms with Crippen LogP contribution >= 0.6 is 11.3 Å². The SMILES string of the molecule is CCCCC(CC)COc1nc2sccn2c1CO. The van der Waals surface area contributed by atoms with Crippen molar-refractivity contribution in [2.24, 2.45) is 5.92 Å². The third-order valence-corrected chi connectivity index (χ3v) is 4.23. The lowest BCUT2D eigenvalue weighted by atomic mass is 10.0. The average molecular weight is 282 g/mol. The minimum absolute atomic E-state index is 0.0427. The zero-order valence-corrected chi connectivity index (χ0v) is 12.4. The summed E-state index contributed by atoms with van der Waals surface area (Å²) >= 11 is 1.55. The van der Waals surface area contributed by atoms with E-state index in [1.54, 1.807) is 11.3 Å². The molecule has 19 heavy (non-hydrogen) atoms. The van der Waals surface area contributed by atoms with Crippen molar-refractivity contribution in [2.45, 2.75) is 46.1 Å². The van der Waals surface area contributed by atoms with Crippen molar-refractivity contribution >= 4 is 16.3 Å². The van der Waals surface area contributed by atoms with Crippen molar-refractivity contribution in [1.29, 1.82) is 0 Å². The van der Waals surface area contributed by atoms with Crippen LogP contribution in [-0.4, -0.2) is 21.1 Å². The van der Waals surface area contributed by atoms with E-state index in [0.717, 1.165) is 17.1 Å². The van der Waals surface area contributed by atoms with Crippen molar-refractivity contribution in [3.05, 3.63) is 17.3 Å². The quantitative estimate of drug-likeness (QED) is 0.806. The van der Waals surface area contributed by atoms with Gasteiger partial charge in [-0.15, -0.1) is 11.3 Å². The molecular formula is C14H22N2O2S. The van der Waals surface area contributed by atoms with Gasteiger partial charge in [0.25, 0.3) is 0 Å². The van der Waals surface area contributed by atoms with E-state index in [0.29, 0.717) is 18.4 Å². The average Bonchev–Trinajstić information content (AvgIpc) is 2.99. The number of fused-ring (bicyclic) bond motifs is 1. The summed E-state index contributed by atoms with van der Waals surface area (Å²) in [5.41, 5.74) is 0.751. The van der Waals surface area contributed by atoms with Gasteiger partial charge in [-0.25, -0.2) is 0 Å². The van der Waals surface area contributed by atoms with Gasteiger partial charge < -0.3 is 9.84 Å². The minimum atomic E-state index is -0.0427. The lowest BCUT2D eigenvalue weighted by Gasteiger charge is -2.14. The molecule has 0 radical (unpaired) electrons.